The number of hydrogen-bond acceptors (Lipinski definition) is 5. The number of rotatable bonds is 5. The van der Waals surface area contributed by atoms with Crippen molar-refractivity contribution in [3.63, 3.8) is 0 Å². The van der Waals surface area contributed by atoms with Crippen molar-refractivity contribution in [3.05, 3.63) is 34.4 Å². The quantitative estimate of drug-likeness (QED) is 0.615. The van der Waals surface area contributed by atoms with E-state index in [-0.39, 0.29) is 11.6 Å². The Morgan fingerprint density at radius 2 is 2.05 bits per heavy atom. The number of nitro groups is 1. The number of benzene rings is 1. The second-order valence-corrected chi connectivity index (χ2v) is 4.58. The molecule has 0 saturated carbocycles. The van der Waals surface area contributed by atoms with Gasteiger partial charge in [0.05, 0.1) is 4.92 Å². The van der Waals surface area contributed by atoms with Gasteiger partial charge in [-0.2, -0.15) is 0 Å². The molecule has 2 rings (SSSR count). The highest BCUT2D eigenvalue weighted by Crippen LogP contribution is 2.22. The fraction of sp³-hybridized carbons (Fsp3) is 0.462. The molecule has 2 N–H and O–H groups in total. The number of anilines is 1. The van der Waals surface area contributed by atoms with E-state index >= 15 is 0 Å². The molecule has 0 aromatic heterocycles. The van der Waals surface area contributed by atoms with Gasteiger partial charge in [-0.25, -0.2) is 0 Å². The normalized spacial score (nSPS) is 14.9. The van der Waals surface area contributed by atoms with Crippen LogP contribution >= 0.6 is 0 Å². The summed E-state index contributed by atoms with van der Waals surface area (Å²) in [6, 6.07) is 6.44. The molecule has 0 spiro atoms. The van der Waals surface area contributed by atoms with Crippen molar-refractivity contribution in [1.29, 1.82) is 0 Å². The number of piperazine rings is 1. The van der Waals surface area contributed by atoms with Gasteiger partial charge in [0.2, 0.25) is 5.91 Å². The largest absolute Gasteiger partial charge is 0.379 e. The van der Waals surface area contributed by atoms with Crippen LogP contribution in [0.25, 0.3) is 0 Å². The number of carbonyl (C=O) groups excluding carboxylic acids is 1. The molecule has 1 aliphatic heterocycles. The predicted molar refractivity (Wildman–Crippen MR) is 75.7 cm³/mol. The zero-order valence-electron chi connectivity index (χ0n) is 11.2. The summed E-state index contributed by atoms with van der Waals surface area (Å²) in [5.41, 5.74) is 0.479. The van der Waals surface area contributed by atoms with Crippen molar-refractivity contribution in [2.45, 2.75) is 6.42 Å². The SMILES string of the molecule is O=C(CCNc1ccccc1[N+](=O)[O-])N1CCNCC1. The lowest BCUT2D eigenvalue weighted by Gasteiger charge is -2.27. The van der Waals surface area contributed by atoms with Crippen molar-refractivity contribution in [2.24, 2.45) is 0 Å². The van der Waals surface area contributed by atoms with E-state index in [1.165, 1.54) is 6.07 Å². The zero-order chi connectivity index (χ0) is 14.4. The Kier molecular flexibility index (Phi) is 4.89. The molecule has 0 radical (unpaired) electrons. The molecule has 0 bridgehead atoms. The summed E-state index contributed by atoms with van der Waals surface area (Å²) in [6.45, 7) is 3.49. The Bertz CT molecular complexity index is 486. The maximum atomic E-state index is 11.9. The van der Waals surface area contributed by atoms with E-state index in [4.69, 9.17) is 0 Å². The molecule has 1 fully saturated rings. The van der Waals surface area contributed by atoms with Gasteiger partial charge >= 0.3 is 0 Å². The number of hydrogen-bond donors (Lipinski definition) is 2. The molecule has 0 unspecified atom stereocenters. The predicted octanol–water partition coefficient (Wildman–Crippen LogP) is 0.829. The molecule has 0 aliphatic carbocycles. The lowest BCUT2D eigenvalue weighted by atomic mass is 10.2. The van der Waals surface area contributed by atoms with Crippen molar-refractivity contribution in [1.82, 2.24) is 10.2 Å². The third kappa shape index (κ3) is 3.67. The average Bonchev–Trinajstić information content (AvgIpc) is 2.48. The number of nitro benzene ring substituents is 1. The smallest absolute Gasteiger partial charge is 0.292 e. The first-order valence-corrected chi connectivity index (χ1v) is 6.64. The Hall–Kier alpha value is -2.15. The van der Waals surface area contributed by atoms with Crippen LogP contribution in [0, 0.1) is 10.1 Å². The first-order chi connectivity index (χ1) is 9.68. The third-order valence-corrected chi connectivity index (χ3v) is 3.22. The molecular formula is C13H18N4O3. The second kappa shape index (κ2) is 6.85. The van der Waals surface area contributed by atoms with Gasteiger partial charge in [0.15, 0.2) is 0 Å². The Morgan fingerprint density at radius 1 is 1.35 bits per heavy atom. The molecule has 1 aromatic carbocycles. The van der Waals surface area contributed by atoms with E-state index in [0.29, 0.717) is 18.7 Å². The molecule has 7 nitrogen and oxygen atoms in total. The molecule has 1 heterocycles. The summed E-state index contributed by atoms with van der Waals surface area (Å²) < 4.78 is 0. The number of carbonyl (C=O) groups is 1. The van der Waals surface area contributed by atoms with Crippen LogP contribution in [0.5, 0.6) is 0 Å². The van der Waals surface area contributed by atoms with Gasteiger partial charge in [0, 0.05) is 45.2 Å². The van der Waals surface area contributed by atoms with Crippen LogP contribution in [0.4, 0.5) is 11.4 Å². The minimum Gasteiger partial charge on any atom is -0.379 e. The van der Waals surface area contributed by atoms with Crippen molar-refractivity contribution in [3.8, 4) is 0 Å². The minimum absolute atomic E-state index is 0.0297. The Labute approximate surface area is 117 Å². The highest BCUT2D eigenvalue weighted by molar-refractivity contribution is 5.77. The molecule has 1 saturated heterocycles. The molecule has 0 atom stereocenters. The second-order valence-electron chi connectivity index (χ2n) is 4.58. The lowest BCUT2D eigenvalue weighted by molar-refractivity contribution is -0.384. The van der Waals surface area contributed by atoms with Gasteiger partial charge < -0.3 is 15.5 Å². The minimum atomic E-state index is -0.430. The van der Waals surface area contributed by atoms with Gasteiger partial charge in [-0.15, -0.1) is 0 Å². The van der Waals surface area contributed by atoms with Crippen LogP contribution in [0.2, 0.25) is 0 Å². The maximum absolute atomic E-state index is 11.9. The van der Waals surface area contributed by atoms with Crippen molar-refractivity contribution in [2.75, 3.05) is 38.0 Å². The van der Waals surface area contributed by atoms with Crippen LogP contribution in [0.15, 0.2) is 24.3 Å². The fourth-order valence-corrected chi connectivity index (χ4v) is 2.16. The summed E-state index contributed by atoms with van der Waals surface area (Å²) >= 11 is 0. The lowest BCUT2D eigenvalue weighted by Crippen LogP contribution is -2.46. The van der Waals surface area contributed by atoms with Crippen LogP contribution < -0.4 is 10.6 Å². The maximum Gasteiger partial charge on any atom is 0.292 e. The fourth-order valence-electron chi connectivity index (χ4n) is 2.16. The third-order valence-electron chi connectivity index (χ3n) is 3.22. The van der Waals surface area contributed by atoms with Crippen LogP contribution in [-0.2, 0) is 4.79 Å². The van der Waals surface area contributed by atoms with Gasteiger partial charge in [-0.3, -0.25) is 14.9 Å². The molecule has 20 heavy (non-hydrogen) atoms. The van der Waals surface area contributed by atoms with Crippen LogP contribution in [-0.4, -0.2) is 48.5 Å². The van der Waals surface area contributed by atoms with E-state index in [1.807, 2.05) is 4.90 Å². The summed E-state index contributed by atoms with van der Waals surface area (Å²) in [5.74, 6) is 0.0811. The number of para-hydroxylation sites is 2. The number of nitrogens with one attached hydrogen (secondary N) is 2. The summed E-state index contributed by atoms with van der Waals surface area (Å²) in [4.78, 5) is 24.2. The highest BCUT2D eigenvalue weighted by Gasteiger charge is 2.16. The van der Waals surface area contributed by atoms with E-state index < -0.39 is 4.92 Å². The van der Waals surface area contributed by atoms with E-state index in [2.05, 4.69) is 10.6 Å². The first kappa shape index (κ1) is 14.3. The Morgan fingerprint density at radius 3 is 2.75 bits per heavy atom. The van der Waals surface area contributed by atoms with Gasteiger partial charge in [0.1, 0.15) is 5.69 Å². The number of nitrogens with zero attached hydrogens (tertiary/aromatic N) is 2. The van der Waals surface area contributed by atoms with Crippen LogP contribution in [0.1, 0.15) is 6.42 Å². The van der Waals surface area contributed by atoms with Gasteiger partial charge in [-0.05, 0) is 6.07 Å². The zero-order valence-corrected chi connectivity index (χ0v) is 11.2. The van der Waals surface area contributed by atoms with Crippen molar-refractivity contribution < 1.29 is 9.72 Å². The highest BCUT2D eigenvalue weighted by atomic mass is 16.6. The molecule has 1 aliphatic rings. The molecule has 108 valence electrons. The van der Waals surface area contributed by atoms with Gasteiger partial charge in [0.25, 0.3) is 5.69 Å². The average molecular weight is 278 g/mol. The summed E-state index contributed by atoms with van der Waals surface area (Å²) in [5, 5.41) is 17.0. The molecule has 1 aromatic rings. The van der Waals surface area contributed by atoms with E-state index in [0.717, 1.165) is 26.2 Å². The van der Waals surface area contributed by atoms with Gasteiger partial charge in [-0.1, -0.05) is 12.1 Å². The summed E-state index contributed by atoms with van der Waals surface area (Å²) in [6.07, 6.45) is 0.339. The monoisotopic (exact) mass is 278 g/mol. The molecule has 7 heteroatoms. The topological polar surface area (TPSA) is 87.5 Å². The number of amides is 1. The Balaban J connectivity index is 1.83. The van der Waals surface area contributed by atoms with E-state index in [9.17, 15) is 14.9 Å². The van der Waals surface area contributed by atoms with Crippen LogP contribution in [0.3, 0.4) is 0 Å². The van der Waals surface area contributed by atoms with E-state index in [1.54, 1.807) is 18.2 Å². The molecule has 1 amide bonds. The summed E-state index contributed by atoms with van der Waals surface area (Å²) in [7, 11) is 0. The molecular weight excluding hydrogens is 260 g/mol. The first-order valence-electron chi connectivity index (χ1n) is 6.64. The standard InChI is InChI=1S/C13H18N4O3/c18-13(16-9-7-14-8-10-16)5-6-15-11-3-1-2-4-12(11)17(19)20/h1-4,14-15H,5-10H2. The van der Waals surface area contributed by atoms with Crippen molar-refractivity contribution >= 4 is 17.3 Å².